The summed E-state index contributed by atoms with van der Waals surface area (Å²) >= 11 is 0. The molecule has 0 bridgehead atoms. The van der Waals surface area contributed by atoms with Crippen LogP contribution < -0.4 is 5.73 Å². The standard InChI is InChI=1S/C5H5N3/c1-4-2-7-5(6)8-3-4/h1-3H,(H2,6,7,8). The predicted octanol–water partition coefficient (Wildman–Crippen LogP) is 0.118. The summed E-state index contributed by atoms with van der Waals surface area (Å²) < 4.78 is 0. The summed E-state index contributed by atoms with van der Waals surface area (Å²) in [6, 6.07) is 0. The lowest BCUT2D eigenvalue weighted by Gasteiger charge is -1.88. The Morgan fingerprint density at radius 3 is 2.25 bits per heavy atom. The van der Waals surface area contributed by atoms with Gasteiger partial charge < -0.3 is 5.73 Å². The Bertz CT molecular complexity index is 147. The number of rotatable bonds is 0. The van der Waals surface area contributed by atoms with E-state index in [0.717, 1.165) is 0 Å². The maximum absolute atomic E-state index is 5.25. The van der Waals surface area contributed by atoms with Crippen molar-refractivity contribution in [3.8, 4) is 0 Å². The van der Waals surface area contributed by atoms with Crippen LogP contribution >= 0.6 is 0 Å². The van der Waals surface area contributed by atoms with Crippen LogP contribution in [0, 0.1) is 6.92 Å². The molecule has 0 saturated carbocycles. The van der Waals surface area contributed by atoms with Crippen molar-refractivity contribution in [3.63, 3.8) is 0 Å². The monoisotopic (exact) mass is 107 g/mol. The van der Waals surface area contributed by atoms with Crippen molar-refractivity contribution in [2.45, 2.75) is 0 Å². The highest BCUT2D eigenvalue weighted by atomic mass is 15.0. The van der Waals surface area contributed by atoms with Gasteiger partial charge in [-0.15, -0.1) is 0 Å². The Hall–Kier alpha value is -1.12. The first-order chi connectivity index (χ1) is 3.79. The number of nitrogens with zero attached hydrogens (tertiary/aromatic N) is 2. The molecule has 0 atom stereocenters. The van der Waals surface area contributed by atoms with Gasteiger partial charge in [0.25, 0.3) is 0 Å². The van der Waals surface area contributed by atoms with Gasteiger partial charge in [-0.3, -0.25) is 0 Å². The Labute approximate surface area is 47.6 Å². The zero-order valence-electron chi connectivity index (χ0n) is 4.20. The van der Waals surface area contributed by atoms with Crippen LogP contribution in [0.15, 0.2) is 12.4 Å². The van der Waals surface area contributed by atoms with Gasteiger partial charge >= 0.3 is 0 Å². The molecule has 1 heterocycles. The maximum Gasteiger partial charge on any atom is 0.219 e. The van der Waals surface area contributed by atoms with E-state index < -0.39 is 0 Å². The highest BCUT2D eigenvalue weighted by Crippen LogP contribution is 1.91. The van der Waals surface area contributed by atoms with Crippen molar-refractivity contribution in [1.29, 1.82) is 0 Å². The molecule has 1 aromatic heterocycles. The zero-order valence-corrected chi connectivity index (χ0v) is 4.20. The molecule has 0 unspecified atom stereocenters. The number of aromatic nitrogens is 2. The largest absolute Gasteiger partial charge is 0.368 e. The van der Waals surface area contributed by atoms with Gasteiger partial charge in [0, 0.05) is 19.3 Å². The molecule has 0 aliphatic carbocycles. The smallest absolute Gasteiger partial charge is 0.219 e. The van der Waals surface area contributed by atoms with Gasteiger partial charge in [0.15, 0.2) is 0 Å². The molecule has 0 aliphatic rings. The van der Waals surface area contributed by atoms with E-state index in [-0.39, 0.29) is 5.95 Å². The molecule has 0 aromatic carbocycles. The van der Waals surface area contributed by atoms with Crippen LogP contribution in [0.5, 0.6) is 0 Å². The first-order valence-corrected chi connectivity index (χ1v) is 2.12. The normalized spacial score (nSPS) is 9.12. The highest BCUT2D eigenvalue weighted by molar-refractivity contribution is 5.18. The number of anilines is 1. The van der Waals surface area contributed by atoms with Crippen LogP contribution in [0.1, 0.15) is 5.56 Å². The fraction of sp³-hybridized carbons (Fsp3) is 0. The van der Waals surface area contributed by atoms with Crippen molar-refractivity contribution in [2.24, 2.45) is 0 Å². The summed E-state index contributed by atoms with van der Waals surface area (Å²) in [5.74, 6) is 0.249. The van der Waals surface area contributed by atoms with Crippen molar-refractivity contribution >= 4 is 5.95 Å². The molecule has 3 heteroatoms. The van der Waals surface area contributed by atoms with Gasteiger partial charge in [0.1, 0.15) is 0 Å². The van der Waals surface area contributed by atoms with Gasteiger partial charge in [-0.2, -0.15) is 0 Å². The molecule has 3 nitrogen and oxygen atoms in total. The lowest BCUT2D eigenvalue weighted by atomic mass is 10.4. The van der Waals surface area contributed by atoms with E-state index in [2.05, 4.69) is 9.97 Å². The molecule has 0 amide bonds. The zero-order chi connectivity index (χ0) is 5.98. The van der Waals surface area contributed by atoms with Crippen molar-refractivity contribution in [1.82, 2.24) is 9.97 Å². The molecule has 1 aromatic rings. The number of hydrogen-bond donors (Lipinski definition) is 1. The van der Waals surface area contributed by atoms with Crippen LogP contribution in [0.3, 0.4) is 0 Å². The quantitative estimate of drug-likeness (QED) is 0.512. The summed E-state index contributed by atoms with van der Waals surface area (Å²) in [4.78, 5) is 7.24. The Morgan fingerprint density at radius 2 is 1.88 bits per heavy atom. The van der Waals surface area contributed by atoms with E-state index in [4.69, 9.17) is 12.7 Å². The van der Waals surface area contributed by atoms with E-state index in [1.165, 1.54) is 12.4 Å². The second kappa shape index (κ2) is 1.78. The molecule has 40 valence electrons. The average Bonchev–Trinajstić information content (AvgIpc) is 1.77. The molecule has 0 aliphatic heterocycles. The molecule has 0 fully saturated rings. The highest BCUT2D eigenvalue weighted by Gasteiger charge is 1.83. The molecule has 2 N–H and O–H groups in total. The van der Waals surface area contributed by atoms with Gasteiger partial charge in [-0.25, -0.2) is 9.97 Å². The minimum atomic E-state index is 0.249. The van der Waals surface area contributed by atoms with Crippen LogP contribution in [-0.4, -0.2) is 9.97 Å². The van der Waals surface area contributed by atoms with Crippen LogP contribution in [0.25, 0.3) is 0 Å². The fourth-order valence-electron chi connectivity index (χ4n) is 0.348. The summed E-state index contributed by atoms with van der Waals surface area (Å²) in [5.41, 5.74) is 5.68. The molecule has 0 spiro atoms. The van der Waals surface area contributed by atoms with E-state index in [0.29, 0.717) is 5.56 Å². The van der Waals surface area contributed by atoms with Crippen LogP contribution in [0.2, 0.25) is 0 Å². The van der Waals surface area contributed by atoms with Gasteiger partial charge in [-0.1, -0.05) is 0 Å². The Balaban J connectivity index is 3.03. The summed E-state index contributed by atoms with van der Waals surface area (Å²) in [5, 5.41) is 0. The molecular formula is C5H5N3. The van der Waals surface area contributed by atoms with Crippen molar-refractivity contribution < 1.29 is 0 Å². The Morgan fingerprint density at radius 1 is 1.38 bits per heavy atom. The summed E-state index contributed by atoms with van der Waals surface area (Å²) in [6.45, 7) is 5.25. The van der Waals surface area contributed by atoms with Gasteiger partial charge in [-0.05, 0) is 5.56 Å². The fourth-order valence-corrected chi connectivity index (χ4v) is 0.348. The molecular weight excluding hydrogens is 102 g/mol. The average molecular weight is 107 g/mol. The first kappa shape index (κ1) is 5.03. The molecule has 8 heavy (non-hydrogen) atoms. The SMILES string of the molecule is [CH]c1cnc(N)nc1. The van der Waals surface area contributed by atoms with Crippen molar-refractivity contribution in [2.75, 3.05) is 5.73 Å². The second-order valence-electron chi connectivity index (χ2n) is 1.37. The molecule has 0 saturated heterocycles. The lowest BCUT2D eigenvalue weighted by Crippen LogP contribution is -1.92. The van der Waals surface area contributed by atoms with E-state index in [9.17, 15) is 0 Å². The topological polar surface area (TPSA) is 51.8 Å². The summed E-state index contributed by atoms with van der Waals surface area (Å²) in [6.07, 6.45) is 2.92. The number of nitrogen functional groups attached to an aromatic ring is 1. The number of nitrogens with two attached hydrogens (primary N) is 1. The van der Waals surface area contributed by atoms with Crippen LogP contribution in [-0.2, 0) is 0 Å². The van der Waals surface area contributed by atoms with E-state index in [1.54, 1.807) is 0 Å². The van der Waals surface area contributed by atoms with Gasteiger partial charge in [0.2, 0.25) is 5.95 Å². The minimum absolute atomic E-state index is 0.249. The predicted molar refractivity (Wildman–Crippen MR) is 29.8 cm³/mol. The maximum atomic E-state index is 5.25. The van der Waals surface area contributed by atoms with Gasteiger partial charge in [0.05, 0.1) is 0 Å². The van der Waals surface area contributed by atoms with Crippen LogP contribution in [0.4, 0.5) is 5.95 Å². The summed E-state index contributed by atoms with van der Waals surface area (Å²) in [7, 11) is 0. The third kappa shape index (κ3) is 0.932. The Kier molecular flexibility index (Phi) is 1.12. The van der Waals surface area contributed by atoms with Crippen molar-refractivity contribution in [3.05, 3.63) is 24.9 Å². The number of hydrogen-bond acceptors (Lipinski definition) is 3. The van der Waals surface area contributed by atoms with E-state index in [1.807, 2.05) is 0 Å². The molecule has 2 radical (unpaired) electrons. The minimum Gasteiger partial charge on any atom is -0.368 e. The van der Waals surface area contributed by atoms with E-state index >= 15 is 0 Å². The second-order valence-corrected chi connectivity index (χ2v) is 1.37. The lowest BCUT2D eigenvalue weighted by molar-refractivity contribution is 1.17. The third-order valence-electron chi connectivity index (χ3n) is 0.692. The first-order valence-electron chi connectivity index (χ1n) is 2.12. The third-order valence-corrected chi connectivity index (χ3v) is 0.692. The molecule has 1 rings (SSSR count).